The van der Waals surface area contributed by atoms with Crippen LogP contribution in [0.5, 0.6) is 5.75 Å². The maximum atomic E-state index is 13.2. The molecule has 0 aliphatic carbocycles. The molecule has 0 aromatic heterocycles. The van der Waals surface area contributed by atoms with Gasteiger partial charge in [-0.15, -0.1) is 0 Å². The number of carbonyl (C=O) groups excluding carboxylic acids is 2. The average molecular weight is 472 g/mol. The van der Waals surface area contributed by atoms with Crippen LogP contribution in [-0.4, -0.2) is 52.4 Å². The third kappa shape index (κ3) is 4.95. The molecule has 2 heterocycles. The van der Waals surface area contributed by atoms with Crippen molar-refractivity contribution in [3.63, 3.8) is 0 Å². The molecule has 2 aliphatic heterocycles. The van der Waals surface area contributed by atoms with Gasteiger partial charge >= 0.3 is 0 Å². The second kappa shape index (κ2) is 9.62. The quantitative estimate of drug-likeness (QED) is 0.527. The van der Waals surface area contributed by atoms with Gasteiger partial charge < -0.3 is 20.7 Å². The molecule has 2 aliphatic rings. The van der Waals surface area contributed by atoms with Crippen LogP contribution in [0.4, 0.5) is 0 Å². The number of nitrogens with one attached hydrogen (secondary N) is 3. The van der Waals surface area contributed by atoms with E-state index in [1.807, 2.05) is 0 Å². The third-order valence-electron chi connectivity index (χ3n) is 6.44. The number of Topliss-reactive ketones (excluding diaryl/α,β-unsaturated/α-hetero) is 1. The van der Waals surface area contributed by atoms with E-state index in [-0.39, 0.29) is 33.3 Å². The fourth-order valence-electron chi connectivity index (χ4n) is 4.53. The first kappa shape index (κ1) is 23.4. The van der Waals surface area contributed by atoms with Crippen LogP contribution >= 0.6 is 0 Å². The number of hydrogen-bond donors (Lipinski definition) is 3. The Labute approximate surface area is 194 Å². The molecule has 4 rings (SSSR count). The number of sulfone groups is 1. The predicted octanol–water partition coefficient (Wildman–Crippen LogP) is 1.69. The Kier molecular flexibility index (Phi) is 6.83. The first-order chi connectivity index (χ1) is 15.8. The molecule has 0 radical (unpaired) electrons. The number of benzene rings is 2. The Morgan fingerprint density at radius 2 is 1.91 bits per heavy atom. The van der Waals surface area contributed by atoms with E-state index in [0.717, 1.165) is 31.5 Å². The van der Waals surface area contributed by atoms with Crippen molar-refractivity contribution in [3.8, 4) is 5.75 Å². The maximum absolute atomic E-state index is 13.2. The van der Waals surface area contributed by atoms with Crippen LogP contribution < -0.4 is 20.7 Å². The molecule has 9 heteroatoms. The van der Waals surface area contributed by atoms with Crippen LogP contribution in [0.2, 0.25) is 0 Å². The molecule has 0 spiro atoms. The van der Waals surface area contributed by atoms with E-state index in [9.17, 15) is 18.0 Å². The Morgan fingerprint density at radius 3 is 2.58 bits per heavy atom. The standard InChI is InChI=1S/C24H29N3O5S/c1-15(28)17-5-8-22(32-2)23(12-17)33(30,31)19-6-3-16(4-7-19)13-26-24(29)21-11-18-14-25-10-9-20(18)27-21/h3-8,12,18,20-21,25,27H,9-11,13-14H2,1-2H3,(H,26,29). The van der Waals surface area contributed by atoms with E-state index < -0.39 is 9.84 Å². The minimum absolute atomic E-state index is 0.0353. The van der Waals surface area contributed by atoms with E-state index >= 15 is 0 Å². The third-order valence-corrected chi connectivity index (χ3v) is 8.23. The summed E-state index contributed by atoms with van der Waals surface area (Å²) in [6.45, 7) is 3.61. The molecule has 0 bridgehead atoms. The molecule has 2 aromatic rings. The molecule has 33 heavy (non-hydrogen) atoms. The van der Waals surface area contributed by atoms with Gasteiger partial charge in [-0.25, -0.2) is 8.42 Å². The van der Waals surface area contributed by atoms with Crippen LogP contribution in [0.15, 0.2) is 52.3 Å². The van der Waals surface area contributed by atoms with Gasteiger partial charge in [0.05, 0.1) is 18.0 Å². The molecule has 2 aromatic carbocycles. The summed E-state index contributed by atoms with van der Waals surface area (Å²) < 4.78 is 31.6. The van der Waals surface area contributed by atoms with Crippen LogP contribution in [0.1, 0.15) is 35.7 Å². The molecule has 3 atom stereocenters. The SMILES string of the molecule is COc1ccc(C(C)=O)cc1S(=O)(=O)c1ccc(CNC(=O)C2CC3CNCCC3N2)cc1. The van der Waals surface area contributed by atoms with Crippen molar-refractivity contribution in [1.29, 1.82) is 0 Å². The molecule has 176 valence electrons. The summed E-state index contributed by atoms with van der Waals surface area (Å²) in [5.41, 5.74) is 1.09. The molecule has 3 N–H and O–H groups in total. The Morgan fingerprint density at radius 1 is 1.15 bits per heavy atom. The average Bonchev–Trinajstić information content (AvgIpc) is 3.27. The van der Waals surface area contributed by atoms with E-state index in [4.69, 9.17) is 4.74 Å². The van der Waals surface area contributed by atoms with Gasteiger partial charge in [0, 0.05) is 18.2 Å². The predicted molar refractivity (Wildman–Crippen MR) is 123 cm³/mol. The minimum Gasteiger partial charge on any atom is -0.495 e. The monoisotopic (exact) mass is 471 g/mol. The zero-order valence-electron chi connectivity index (χ0n) is 18.8. The minimum atomic E-state index is -3.89. The zero-order chi connectivity index (χ0) is 23.6. The van der Waals surface area contributed by atoms with Gasteiger partial charge in [-0.05, 0) is 74.7 Å². The number of carbonyl (C=O) groups is 2. The molecule has 2 saturated heterocycles. The van der Waals surface area contributed by atoms with Crippen molar-refractivity contribution in [1.82, 2.24) is 16.0 Å². The maximum Gasteiger partial charge on any atom is 0.237 e. The number of piperidine rings is 1. The lowest BCUT2D eigenvalue weighted by Crippen LogP contribution is -2.45. The van der Waals surface area contributed by atoms with Crippen molar-refractivity contribution in [2.45, 2.75) is 48.2 Å². The summed E-state index contributed by atoms with van der Waals surface area (Å²) >= 11 is 0. The Bertz CT molecular complexity index is 1130. The second-order valence-corrected chi connectivity index (χ2v) is 10.5. The lowest BCUT2D eigenvalue weighted by molar-refractivity contribution is -0.123. The molecule has 0 saturated carbocycles. The van der Waals surface area contributed by atoms with Crippen molar-refractivity contribution >= 4 is 21.5 Å². The van der Waals surface area contributed by atoms with Crippen molar-refractivity contribution < 1.29 is 22.7 Å². The van der Waals surface area contributed by atoms with Gasteiger partial charge in [0.25, 0.3) is 0 Å². The van der Waals surface area contributed by atoms with Crippen molar-refractivity contribution in [2.75, 3.05) is 20.2 Å². The van der Waals surface area contributed by atoms with Gasteiger partial charge in [0.2, 0.25) is 15.7 Å². The molecular weight excluding hydrogens is 442 g/mol. The molecule has 3 unspecified atom stereocenters. The number of ether oxygens (including phenoxy) is 1. The second-order valence-electron chi connectivity index (χ2n) is 8.60. The molecule has 1 amide bonds. The number of ketones is 1. The van der Waals surface area contributed by atoms with Gasteiger partial charge in [-0.2, -0.15) is 0 Å². The van der Waals surface area contributed by atoms with Crippen LogP contribution in [-0.2, 0) is 21.2 Å². The highest BCUT2D eigenvalue weighted by Gasteiger charge is 2.38. The van der Waals surface area contributed by atoms with Gasteiger partial charge in [-0.1, -0.05) is 12.1 Å². The summed E-state index contributed by atoms with van der Waals surface area (Å²) in [6.07, 6.45) is 1.85. The topological polar surface area (TPSA) is 114 Å². The summed E-state index contributed by atoms with van der Waals surface area (Å²) in [6, 6.07) is 10.9. The first-order valence-corrected chi connectivity index (χ1v) is 12.6. The molecular formula is C24H29N3O5S. The fraction of sp³-hybridized carbons (Fsp3) is 0.417. The lowest BCUT2D eigenvalue weighted by Gasteiger charge is -2.25. The van der Waals surface area contributed by atoms with Crippen LogP contribution in [0.25, 0.3) is 0 Å². The van der Waals surface area contributed by atoms with E-state index in [2.05, 4.69) is 16.0 Å². The Balaban J connectivity index is 1.43. The first-order valence-electron chi connectivity index (χ1n) is 11.1. The van der Waals surface area contributed by atoms with E-state index in [0.29, 0.717) is 24.1 Å². The highest BCUT2D eigenvalue weighted by molar-refractivity contribution is 7.91. The van der Waals surface area contributed by atoms with Crippen LogP contribution in [0.3, 0.4) is 0 Å². The van der Waals surface area contributed by atoms with Gasteiger partial charge in [0.1, 0.15) is 10.6 Å². The largest absolute Gasteiger partial charge is 0.495 e. The number of methoxy groups -OCH3 is 1. The number of amides is 1. The summed E-state index contributed by atoms with van der Waals surface area (Å²) in [4.78, 5) is 24.4. The summed E-state index contributed by atoms with van der Waals surface area (Å²) in [5, 5.41) is 9.76. The van der Waals surface area contributed by atoms with E-state index in [1.54, 1.807) is 12.1 Å². The van der Waals surface area contributed by atoms with Crippen molar-refractivity contribution in [3.05, 3.63) is 53.6 Å². The zero-order valence-corrected chi connectivity index (χ0v) is 19.6. The number of rotatable bonds is 7. The smallest absolute Gasteiger partial charge is 0.237 e. The normalized spacial score (nSPS) is 22.4. The molecule has 2 fully saturated rings. The fourth-order valence-corrected chi connectivity index (χ4v) is 5.98. The van der Waals surface area contributed by atoms with E-state index in [1.165, 1.54) is 44.4 Å². The van der Waals surface area contributed by atoms with Gasteiger partial charge in [-0.3, -0.25) is 9.59 Å². The highest BCUT2D eigenvalue weighted by atomic mass is 32.2. The number of hydrogen-bond acceptors (Lipinski definition) is 7. The number of fused-ring (bicyclic) bond motifs is 1. The molecule has 8 nitrogen and oxygen atoms in total. The van der Waals surface area contributed by atoms with Gasteiger partial charge in [0.15, 0.2) is 5.78 Å². The highest BCUT2D eigenvalue weighted by Crippen LogP contribution is 2.31. The summed E-state index contributed by atoms with van der Waals surface area (Å²) in [5.74, 6) is 0.396. The summed E-state index contributed by atoms with van der Waals surface area (Å²) in [7, 11) is -2.50. The lowest BCUT2D eigenvalue weighted by atomic mass is 9.94. The Hall–Kier alpha value is -2.75. The van der Waals surface area contributed by atoms with Crippen molar-refractivity contribution in [2.24, 2.45) is 5.92 Å². The van der Waals surface area contributed by atoms with Crippen LogP contribution in [0, 0.1) is 5.92 Å².